The Balaban J connectivity index is 2.30. The van der Waals surface area contributed by atoms with Crippen LogP contribution in [0.5, 0.6) is 0 Å². The number of nitrogens with two attached hydrogens (primary N) is 1. The molecule has 1 aromatic carbocycles. The van der Waals surface area contributed by atoms with Gasteiger partial charge in [-0.3, -0.25) is 0 Å². The summed E-state index contributed by atoms with van der Waals surface area (Å²) in [4.78, 5) is 7.43. The summed E-state index contributed by atoms with van der Waals surface area (Å²) in [7, 11) is 0. The van der Waals surface area contributed by atoms with E-state index in [0.29, 0.717) is 0 Å². The Morgan fingerprint density at radius 3 is 3.00 bits per heavy atom. The van der Waals surface area contributed by atoms with Crippen molar-refractivity contribution in [2.75, 3.05) is 5.73 Å². The van der Waals surface area contributed by atoms with Crippen molar-refractivity contribution >= 4 is 16.7 Å². The van der Waals surface area contributed by atoms with Gasteiger partial charge in [0.05, 0.1) is 17.4 Å². The third kappa shape index (κ3) is 1.96. The molecule has 0 bridgehead atoms. The normalized spacial score (nSPS) is 11.0. The highest BCUT2D eigenvalue weighted by Gasteiger charge is 2.06. The third-order valence-corrected chi connectivity index (χ3v) is 2.76. The first-order valence-electron chi connectivity index (χ1n) is 5.53. The fourth-order valence-corrected chi connectivity index (χ4v) is 1.90. The zero-order valence-corrected chi connectivity index (χ0v) is 9.09. The van der Waals surface area contributed by atoms with Gasteiger partial charge in [0.1, 0.15) is 0 Å². The Morgan fingerprint density at radius 1 is 1.33 bits per heavy atom. The van der Waals surface area contributed by atoms with E-state index in [2.05, 4.69) is 16.9 Å². The molecular weight excluding hydrogens is 186 g/mol. The average molecular weight is 203 g/mol. The molecule has 1 heterocycles. The number of H-pyrrole nitrogens is 1. The van der Waals surface area contributed by atoms with Crippen LogP contribution in [0.2, 0.25) is 0 Å². The van der Waals surface area contributed by atoms with Crippen molar-refractivity contribution in [1.29, 1.82) is 0 Å². The highest BCUT2D eigenvalue weighted by Crippen LogP contribution is 2.23. The Morgan fingerprint density at radius 2 is 2.20 bits per heavy atom. The van der Waals surface area contributed by atoms with Gasteiger partial charge in [0.15, 0.2) is 0 Å². The molecule has 0 aliphatic heterocycles. The number of benzene rings is 1. The molecule has 1 aromatic heterocycles. The Labute approximate surface area is 89.7 Å². The molecule has 0 amide bonds. The van der Waals surface area contributed by atoms with Crippen LogP contribution in [0.1, 0.15) is 31.7 Å². The second kappa shape index (κ2) is 4.34. The van der Waals surface area contributed by atoms with Crippen LogP contribution in [-0.4, -0.2) is 9.97 Å². The number of nitrogens with zero attached hydrogens (tertiary/aromatic N) is 1. The molecule has 0 saturated carbocycles. The van der Waals surface area contributed by atoms with E-state index in [1.807, 2.05) is 12.1 Å². The number of nitrogen functional groups attached to an aromatic ring is 1. The maximum Gasteiger partial charge on any atom is 0.0935 e. The fourth-order valence-electron chi connectivity index (χ4n) is 1.90. The summed E-state index contributed by atoms with van der Waals surface area (Å²) in [6, 6.07) is 3.95. The maximum absolute atomic E-state index is 5.97. The zero-order chi connectivity index (χ0) is 10.7. The van der Waals surface area contributed by atoms with Crippen LogP contribution >= 0.6 is 0 Å². The quantitative estimate of drug-likeness (QED) is 0.593. The summed E-state index contributed by atoms with van der Waals surface area (Å²) < 4.78 is 0. The first-order valence-corrected chi connectivity index (χ1v) is 5.53. The van der Waals surface area contributed by atoms with Crippen LogP contribution in [0.25, 0.3) is 11.0 Å². The van der Waals surface area contributed by atoms with Crippen LogP contribution in [0.15, 0.2) is 18.5 Å². The van der Waals surface area contributed by atoms with Gasteiger partial charge in [-0.05, 0) is 25.0 Å². The smallest absolute Gasteiger partial charge is 0.0935 e. The van der Waals surface area contributed by atoms with Gasteiger partial charge in [0.2, 0.25) is 0 Å². The van der Waals surface area contributed by atoms with E-state index < -0.39 is 0 Å². The largest absolute Gasteiger partial charge is 0.398 e. The monoisotopic (exact) mass is 203 g/mol. The number of hydrogen-bond donors (Lipinski definition) is 2. The third-order valence-electron chi connectivity index (χ3n) is 2.76. The average Bonchev–Trinajstić information content (AvgIpc) is 2.69. The molecule has 0 atom stereocenters. The predicted octanol–water partition coefficient (Wildman–Crippen LogP) is 2.88. The van der Waals surface area contributed by atoms with E-state index >= 15 is 0 Å². The van der Waals surface area contributed by atoms with E-state index in [1.54, 1.807) is 6.33 Å². The van der Waals surface area contributed by atoms with Gasteiger partial charge < -0.3 is 10.7 Å². The van der Waals surface area contributed by atoms with Crippen molar-refractivity contribution in [2.45, 2.75) is 32.6 Å². The molecule has 0 aliphatic carbocycles. The molecule has 0 saturated heterocycles. The number of aromatic nitrogens is 2. The first-order chi connectivity index (χ1) is 7.33. The maximum atomic E-state index is 5.97. The summed E-state index contributed by atoms with van der Waals surface area (Å²) in [5.41, 5.74) is 10.1. The summed E-state index contributed by atoms with van der Waals surface area (Å²) in [5, 5.41) is 0. The molecule has 0 spiro atoms. The predicted molar refractivity (Wildman–Crippen MR) is 63.7 cm³/mol. The van der Waals surface area contributed by atoms with Gasteiger partial charge in [-0.2, -0.15) is 0 Å². The minimum absolute atomic E-state index is 0.866. The molecule has 3 N–H and O–H groups in total. The van der Waals surface area contributed by atoms with Crippen molar-refractivity contribution < 1.29 is 0 Å². The van der Waals surface area contributed by atoms with Crippen LogP contribution < -0.4 is 5.73 Å². The lowest BCUT2D eigenvalue weighted by Crippen LogP contribution is -1.96. The lowest BCUT2D eigenvalue weighted by Gasteiger charge is -2.05. The number of aryl methyl sites for hydroxylation is 1. The first kappa shape index (κ1) is 10.0. The van der Waals surface area contributed by atoms with Crippen molar-refractivity contribution in [3.8, 4) is 0 Å². The van der Waals surface area contributed by atoms with Gasteiger partial charge in [-0.15, -0.1) is 0 Å². The molecule has 0 fully saturated rings. The Bertz CT molecular complexity index is 445. The molecule has 3 heteroatoms. The molecule has 2 rings (SSSR count). The SMILES string of the molecule is CCCCCc1c(N)ccc2[nH]cnc12. The topological polar surface area (TPSA) is 54.7 Å². The number of aromatic amines is 1. The van der Waals surface area contributed by atoms with E-state index in [-0.39, 0.29) is 0 Å². The summed E-state index contributed by atoms with van der Waals surface area (Å²) in [6.07, 6.45) is 6.43. The molecule has 0 aliphatic rings. The van der Waals surface area contributed by atoms with Gasteiger partial charge in [0.25, 0.3) is 0 Å². The number of imidazole rings is 1. The van der Waals surface area contributed by atoms with Crippen LogP contribution in [0.3, 0.4) is 0 Å². The van der Waals surface area contributed by atoms with Crippen molar-refractivity contribution in [2.24, 2.45) is 0 Å². The minimum Gasteiger partial charge on any atom is -0.398 e. The summed E-state index contributed by atoms with van der Waals surface area (Å²) in [5.74, 6) is 0. The van der Waals surface area contributed by atoms with Crippen molar-refractivity contribution in [3.05, 3.63) is 24.0 Å². The van der Waals surface area contributed by atoms with E-state index in [4.69, 9.17) is 5.73 Å². The standard InChI is InChI=1S/C12H17N3/c1-2-3-4-5-9-10(13)6-7-11-12(9)15-8-14-11/h6-8H,2-5,13H2,1H3,(H,14,15). The van der Waals surface area contributed by atoms with Crippen molar-refractivity contribution in [1.82, 2.24) is 9.97 Å². The second-order valence-corrected chi connectivity index (χ2v) is 3.89. The van der Waals surface area contributed by atoms with Crippen LogP contribution in [0, 0.1) is 0 Å². The lowest BCUT2D eigenvalue weighted by atomic mass is 10.0. The van der Waals surface area contributed by atoms with Crippen LogP contribution in [-0.2, 0) is 6.42 Å². The number of unbranched alkanes of at least 4 members (excludes halogenated alkanes) is 2. The van der Waals surface area contributed by atoms with E-state index in [1.165, 1.54) is 24.8 Å². The molecule has 3 nitrogen and oxygen atoms in total. The van der Waals surface area contributed by atoms with Crippen LogP contribution in [0.4, 0.5) is 5.69 Å². The summed E-state index contributed by atoms with van der Waals surface area (Å²) >= 11 is 0. The number of anilines is 1. The van der Waals surface area contributed by atoms with Crippen molar-refractivity contribution in [3.63, 3.8) is 0 Å². The second-order valence-electron chi connectivity index (χ2n) is 3.89. The molecule has 0 radical (unpaired) electrons. The van der Waals surface area contributed by atoms with E-state index in [9.17, 15) is 0 Å². The van der Waals surface area contributed by atoms with Gasteiger partial charge in [-0.25, -0.2) is 4.98 Å². The number of rotatable bonds is 4. The lowest BCUT2D eigenvalue weighted by molar-refractivity contribution is 0.720. The van der Waals surface area contributed by atoms with Gasteiger partial charge >= 0.3 is 0 Å². The Kier molecular flexibility index (Phi) is 2.90. The van der Waals surface area contributed by atoms with Gasteiger partial charge in [0, 0.05) is 11.3 Å². The number of fused-ring (bicyclic) bond motifs is 1. The zero-order valence-electron chi connectivity index (χ0n) is 9.09. The van der Waals surface area contributed by atoms with Gasteiger partial charge in [-0.1, -0.05) is 19.8 Å². The summed E-state index contributed by atoms with van der Waals surface area (Å²) in [6.45, 7) is 2.21. The molecule has 2 aromatic rings. The Hall–Kier alpha value is -1.51. The molecule has 15 heavy (non-hydrogen) atoms. The molecule has 80 valence electrons. The minimum atomic E-state index is 0.866. The number of nitrogens with one attached hydrogen (secondary N) is 1. The van der Waals surface area contributed by atoms with E-state index in [0.717, 1.165) is 23.1 Å². The molecular formula is C12H17N3. The fraction of sp³-hybridized carbons (Fsp3) is 0.417. The molecule has 0 unspecified atom stereocenters. The number of hydrogen-bond acceptors (Lipinski definition) is 2. The highest BCUT2D eigenvalue weighted by atomic mass is 14.9. The highest BCUT2D eigenvalue weighted by molar-refractivity contribution is 5.83.